The molecule has 0 aliphatic rings. The Bertz CT molecular complexity index is 1290. The molecule has 3 aromatic carbocycles. The average molecular weight is 463 g/mol. The standard InChI is InChI=1S/C27H27ClN2O3/c1-5-17(3)19-6-9-21(10-7-19)32-15-25(31)29-23-14-20(8-11-22(23)28)27-30-24-13-16(2)12-18(4)26(24)33-27/h6-14,17H,5,15H2,1-4H3,(H,29,31). The topological polar surface area (TPSA) is 64.4 Å². The quantitative estimate of drug-likeness (QED) is 0.313. The summed E-state index contributed by atoms with van der Waals surface area (Å²) in [4.78, 5) is 17.1. The number of carbonyl (C=O) groups is 1. The van der Waals surface area contributed by atoms with Crippen LogP contribution in [0.25, 0.3) is 22.6 Å². The van der Waals surface area contributed by atoms with Gasteiger partial charge in [-0.1, -0.05) is 43.6 Å². The Hall–Kier alpha value is -3.31. The lowest BCUT2D eigenvalue weighted by Gasteiger charge is -2.11. The zero-order valence-corrected chi connectivity index (χ0v) is 20.0. The normalized spacial score (nSPS) is 12.0. The molecule has 1 heterocycles. The van der Waals surface area contributed by atoms with Crippen LogP contribution in [0, 0.1) is 13.8 Å². The van der Waals surface area contributed by atoms with Crippen molar-refractivity contribution in [3.63, 3.8) is 0 Å². The van der Waals surface area contributed by atoms with Crippen molar-refractivity contribution in [1.82, 2.24) is 4.98 Å². The van der Waals surface area contributed by atoms with E-state index in [1.807, 2.05) is 50.2 Å². The highest BCUT2D eigenvalue weighted by Gasteiger charge is 2.14. The number of fused-ring (bicyclic) bond motifs is 1. The van der Waals surface area contributed by atoms with Gasteiger partial charge in [-0.25, -0.2) is 4.98 Å². The largest absolute Gasteiger partial charge is 0.484 e. The molecule has 1 aromatic heterocycles. The molecule has 4 aromatic rings. The lowest BCUT2D eigenvalue weighted by molar-refractivity contribution is -0.118. The molecule has 0 spiro atoms. The van der Waals surface area contributed by atoms with E-state index >= 15 is 0 Å². The lowest BCUT2D eigenvalue weighted by atomic mass is 9.99. The number of nitrogens with zero attached hydrogens (tertiary/aromatic N) is 1. The number of benzene rings is 3. The highest BCUT2D eigenvalue weighted by atomic mass is 35.5. The summed E-state index contributed by atoms with van der Waals surface area (Å²) in [6, 6.07) is 17.2. The fourth-order valence-electron chi connectivity index (χ4n) is 3.72. The van der Waals surface area contributed by atoms with Gasteiger partial charge < -0.3 is 14.5 Å². The van der Waals surface area contributed by atoms with E-state index in [1.54, 1.807) is 12.1 Å². The maximum atomic E-state index is 12.5. The van der Waals surface area contributed by atoms with Crippen LogP contribution in [0.5, 0.6) is 5.75 Å². The van der Waals surface area contributed by atoms with Crippen molar-refractivity contribution >= 4 is 34.3 Å². The minimum absolute atomic E-state index is 0.120. The summed E-state index contributed by atoms with van der Waals surface area (Å²) < 4.78 is 11.6. The number of nitrogens with one attached hydrogen (secondary N) is 1. The van der Waals surface area contributed by atoms with Crippen molar-refractivity contribution < 1.29 is 13.9 Å². The molecule has 1 unspecified atom stereocenters. The second-order valence-corrected chi connectivity index (χ2v) is 8.77. The average Bonchev–Trinajstić information content (AvgIpc) is 3.23. The molecule has 0 bridgehead atoms. The van der Waals surface area contributed by atoms with Gasteiger partial charge in [-0.05, 0) is 79.3 Å². The summed E-state index contributed by atoms with van der Waals surface area (Å²) in [5, 5.41) is 3.24. The van der Waals surface area contributed by atoms with Crippen LogP contribution in [-0.2, 0) is 4.79 Å². The number of amides is 1. The van der Waals surface area contributed by atoms with Crippen molar-refractivity contribution in [2.45, 2.75) is 40.0 Å². The second kappa shape index (κ2) is 9.67. The first-order valence-electron chi connectivity index (χ1n) is 11.0. The maximum Gasteiger partial charge on any atom is 0.262 e. The van der Waals surface area contributed by atoms with Gasteiger partial charge in [0.25, 0.3) is 5.91 Å². The van der Waals surface area contributed by atoms with Gasteiger partial charge in [-0.2, -0.15) is 0 Å². The highest BCUT2D eigenvalue weighted by molar-refractivity contribution is 6.33. The molecule has 170 valence electrons. The molecule has 0 aliphatic heterocycles. The number of rotatable bonds is 7. The molecule has 0 radical (unpaired) electrons. The van der Waals surface area contributed by atoms with E-state index in [0.717, 1.165) is 34.2 Å². The minimum Gasteiger partial charge on any atom is -0.484 e. The zero-order chi connectivity index (χ0) is 23.5. The van der Waals surface area contributed by atoms with Crippen molar-refractivity contribution in [1.29, 1.82) is 0 Å². The van der Waals surface area contributed by atoms with Crippen LogP contribution in [0.3, 0.4) is 0 Å². The molecule has 1 N–H and O–H groups in total. The Morgan fingerprint density at radius 1 is 1.12 bits per heavy atom. The van der Waals surface area contributed by atoms with Gasteiger partial charge in [0, 0.05) is 5.56 Å². The zero-order valence-electron chi connectivity index (χ0n) is 19.2. The first-order chi connectivity index (χ1) is 15.8. The van der Waals surface area contributed by atoms with Crippen LogP contribution in [0.2, 0.25) is 5.02 Å². The number of anilines is 1. The second-order valence-electron chi connectivity index (χ2n) is 8.36. The Balaban J connectivity index is 1.46. The summed E-state index contributed by atoms with van der Waals surface area (Å²) in [5.41, 5.74) is 6.16. The number of carbonyl (C=O) groups excluding carboxylic acids is 1. The first-order valence-corrected chi connectivity index (χ1v) is 11.4. The van der Waals surface area contributed by atoms with Crippen LogP contribution >= 0.6 is 11.6 Å². The Morgan fingerprint density at radius 2 is 1.88 bits per heavy atom. The number of aryl methyl sites for hydroxylation is 2. The molecule has 0 aliphatic carbocycles. The molecular formula is C27H27ClN2O3. The highest BCUT2D eigenvalue weighted by Crippen LogP contribution is 2.32. The summed E-state index contributed by atoms with van der Waals surface area (Å²) in [5.74, 6) is 1.31. The summed E-state index contributed by atoms with van der Waals surface area (Å²) in [6.07, 6.45) is 1.07. The van der Waals surface area contributed by atoms with Gasteiger partial charge >= 0.3 is 0 Å². The fraction of sp³-hybridized carbons (Fsp3) is 0.259. The van der Waals surface area contributed by atoms with Crippen LogP contribution < -0.4 is 10.1 Å². The predicted octanol–water partition coefficient (Wildman–Crippen LogP) is 7.30. The van der Waals surface area contributed by atoms with Gasteiger partial charge in [0.2, 0.25) is 5.89 Å². The maximum absolute atomic E-state index is 12.5. The van der Waals surface area contributed by atoms with E-state index in [1.165, 1.54) is 5.56 Å². The lowest BCUT2D eigenvalue weighted by Crippen LogP contribution is -2.20. The van der Waals surface area contributed by atoms with Gasteiger partial charge in [0.1, 0.15) is 11.3 Å². The molecule has 1 atom stereocenters. The van der Waals surface area contributed by atoms with E-state index in [9.17, 15) is 4.79 Å². The van der Waals surface area contributed by atoms with Crippen molar-refractivity contribution in [3.05, 3.63) is 76.3 Å². The smallest absolute Gasteiger partial charge is 0.262 e. The van der Waals surface area contributed by atoms with Crippen molar-refractivity contribution in [2.75, 3.05) is 11.9 Å². The van der Waals surface area contributed by atoms with Gasteiger partial charge in [0.05, 0.1) is 10.7 Å². The number of hydrogen-bond acceptors (Lipinski definition) is 4. The summed E-state index contributed by atoms with van der Waals surface area (Å²) >= 11 is 6.32. The Morgan fingerprint density at radius 3 is 2.61 bits per heavy atom. The molecule has 1 amide bonds. The van der Waals surface area contributed by atoms with Crippen LogP contribution in [0.1, 0.15) is 42.9 Å². The number of aromatic nitrogens is 1. The molecular weight excluding hydrogens is 436 g/mol. The molecule has 0 fully saturated rings. The Kier molecular flexibility index (Phi) is 6.70. The monoisotopic (exact) mass is 462 g/mol. The van der Waals surface area contributed by atoms with E-state index < -0.39 is 0 Å². The SMILES string of the molecule is CCC(C)c1ccc(OCC(=O)Nc2cc(-c3nc4cc(C)cc(C)c4o3)ccc2Cl)cc1. The third-order valence-electron chi connectivity index (χ3n) is 5.74. The first kappa shape index (κ1) is 22.9. The number of hydrogen-bond donors (Lipinski definition) is 1. The third kappa shape index (κ3) is 5.20. The summed E-state index contributed by atoms with van der Waals surface area (Å²) in [6.45, 7) is 8.25. The van der Waals surface area contributed by atoms with Crippen molar-refractivity contribution in [3.8, 4) is 17.2 Å². The van der Waals surface area contributed by atoms with E-state index in [2.05, 4.69) is 30.2 Å². The van der Waals surface area contributed by atoms with Crippen LogP contribution in [-0.4, -0.2) is 17.5 Å². The number of oxazole rings is 1. The molecule has 4 rings (SSSR count). The van der Waals surface area contributed by atoms with Gasteiger partial charge in [-0.15, -0.1) is 0 Å². The molecule has 0 saturated carbocycles. The Labute approximate surface area is 198 Å². The predicted molar refractivity (Wildman–Crippen MR) is 133 cm³/mol. The fourth-order valence-corrected chi connectivity index (χ4v) is 3.88. The molecule has 33 heavy (non-hydrogen) atoms. The summed E-state index contributed by atoms with van der Waals surface area (Å²) in [7, 11) is 0. The number of ether oxygens (including phenoxy) is 1. The van der Waals surface area contributed by atoms with E-state index in [-0.39, 0.29) is 12.5 Å². The van der Waals surface area contributed by atoms with Crippen LogP contribution in [0.4, 0.5) is 5.69 Å². The van der Waals surface area contributed by atoms with E-state index in [0.29, 0.717) is 28.3 Å². The molecule has 6 heteroatoms. The third-order valence-corrected chi connectivity index (χ3v) is 6.07. The van der Waals surface area contributed by atoms with Crippen molar-refractivity contribution in [2.24, 2.45) is 0 Å². The molecule has 5 nitrogen and oxygen atoms in total. The van der Waals surface area contributed by atoms with Gasteiger partial charge in [-0.3, -0.25) is 4.79 Å². The van der Waals surface area contributed by atoms with Crippen LogP contribution in [0.15, 0.2) is 59.0 Å². The number of halogens is 1. The van der Waals surface area contributed by atoms with Gasteiger partial charge in [0.15, 0.2) is 12.2 Å². The molecule has 0 saturated heterocycles. The van der Waals surface area contributed by atoms with E-state index in [4.69, 9.17) is 20.8 Å². The minimum atomic E-state index is -0.302.